The van der Waals surface area contributed by atoms with Gasteiger partial charge in [-0.25, -0.2) is 14.4 Å². The lowest BCUT2D eigenvalue weighted by Gasteiger charge is -2.26. The van der Waals surface area contributed by atoms with Gasteiger partial charge >= 0.3 is 0 Å². The molecule has 3 aromatic carbocycles. The van der Waals surface area contributed by atoms with E-state index in [2.05, 4.69) is 31.6 Å². The van der Waals surface area contributed by atoms with Crippen molar-refractivity contribution in [3.05, 3.63) is 89.0 Å². The molecule has 0 unspecified atom stereocenters. The number of hydrogen-bond donors (Lipinski definition) is 2. The Morgan fingerprint density at radius 3 is 2.79 bits per heavy atom. The van der Waals surface area contributed by atoms with E-state index < -0.39 is 0 Å². The molecule has 1 aliphatic heterocycles. The first kappa shape index (κ1) is 28.3. The lowest BCUT2D eigenvalue weighted by Crippen LogP contribution is -2.41. The number of aromatic nitrogens is 2. The Bertz CT molecular complexity index is 1730. The Hall–Kier alpha value is -3.83. The number of anilines is 2. The standard InChI is InChI=1S/C31H29ClFN5O3S/c32-25-17-23(5-7-26(25)41-18-21-2-1-3-22(33)14-21)37-30-29-24-6-4-20(15-27(24)42-31(29)36-19-35-30)16-28(39)34-8-9-38-10-12-40-13-11-38/h1-7,14-15,17,19H,8-13,16,18H2,(H,34,39)(H,35,36,37). The summed E-state index contributed by atoms with van der Waals surface area (Å²) in [4.78, 5) is 24.7. The normalized spacial score (nSPS) is 13.9. The number of nitrogens with zero attached hydrogens (tertiary/aromatic N) is 3. The lowest BCUT2D eigenvalue weighted by atomic mass is 10.1. The maximum Gasteiger partial charge on any atom is 0.224 e. The number of carbonyl (C=O) groups is 1. The average molecular weight is 606 g/mol. The van der Waals surface area contributed by atoms with Crippen LogP contribution in [0.5, 0.6) is 5.75 Å². The van der Waals surface area contributed by atoms with Crippen LogP contribution in [0.25, 0.3) is 20.3 Å². The molecule has 2 aromatic heterocycles. The zero-order chi connectivity index (χ0) is 28.9. The Morgan fingerprint density at radius 2 is 1.95 bits per heavy atom. The summed E-state index contributed by atoms with van der Waals surface area (Å²) in [7, 11) is 0. The van der Waals surface area contributed by atoms with E-state index in [1.165, 1.54) is 18.5 Å². The third-order valence-electron chi connectivity index (χ3n) is 7.03. The number of nitrogens with one attached hydrogen (secondary N) is 2. The van der Waals surface area contributed by atoms with Crippen LogP contribution in [0.2, 0.25) is 5.02 Å². The highest BCUT2D eigenvalue weighted by Gasteiger charge is 2.15. The highest BCUT2D eigenvalue weighted by Crippen LogP contribution is 2.38. The molecule has 1 fully saturated rings. The summed E-state index contributed by atoms with van der Waals surface area (Å²) in [6, 6.07) is 17.7. The molecule has 6 rings (SSSR count). The van der Waals surface area contributed by atoms with Gasteiger partial charge in [-0.05, 0) is 47.5 Å². The van der Waals surface area contributed by atoms with Crippen molar-refractivity contribution in [2.75, 3.05) is 44.7 Å². The smallest absolute Gasteiger partial charge is 0.224 e. The largest absolute Gasteiger partial charge is 0.487 e. The van der Waals surface area contributed by atoms with Crippen molar-refractivity contribution in [1.29, 1.82) is 0 Å². The number of thiophene rings is 1. The topological polar surface area (TPSA) is 88.6 Å². The molecular formula is C31H29ClFN5O3S. The maximum atomic E-state index is 13.5. The molecule has 216 valence electrons. The summed E-state index contributed by atoms with van der Waals surface area (Å²) in [5.41, 5.74) is 2.40. The fourth-order valence-electron chi connectivity index (χ4n) is 4.90. The van der Waals surface area contributed by atoms with E-state index >= 15 is 0 Å². The van der Waals surface area contributed by atoms with Crippen molar-refractivity contribution in [2.24, 2.45) is 0 Å². The molecule has 0 bridgehead atoms. The van der Waals surface area contributed by atoms with E-state index in [0.717, 1.165) is 64.4 Å². The summed E-state index contributed by atoms with van der Waals surface area (Å²) >= 11 is 8.07. The van der Waals surface area contributed by atoms with Gasteiger partial charge in [0.05, 0.1) is 30.0 Å². The molecule has 0 saturated carbocycles. The Labute approximate surface area is 251 Å². The molecule has 2 N–H and O–H groups in total. The summed E-state index contributed by atoms with van der Waals surface area (Å²) in [5.74, 6) is 0.851. The number of morpholine rings is 1. The van der Waals surface area contributed by atoms with Gasteiger partial charge in [0.2, 0.25) is 5.91 Å². The second-order valence-corrected chi connectivity index (χ2v) is 11.4. The summed E-state index contributed by atoms with van der Waals surface area (Å²) < 4.78 is 25.7. The molecule has 11 heteroatoms. The molecule has 1 saturated heterocycles. The number of rotatable bonds is 10. The second-order valence-electron chi connectivity index (χ2n) is 10.0. The van der Waals surface area contributed by atoms with Gasteiger partial charge < -0.3 is 20.1 Å². The zero-order valence-corrected chi connectivity index (χ0v) is 24.3. The van der Waals surface area contributed by atoms with E-state index in [1.807, 2.05) is 18.2 Å². The fraction of sp³-hybridized carbons (Fsp3) is 0.258. The van der Waals surface area contributed by atoms with E-state index in [4.69, 9.17) is 21.1 Å². The minimum Gasteiger partial charge on any atom is -0.487 e. The second kappa shape index (κ2) is 13.0. The Kier molecular flexibility index (Phi) is 8.76. The molecule has 8 nitrogen and oxygen atoms in total. The molecule has 42 heavy (non-hydrogen) atoms. The fourth-order valence-corrected chi connectivity index (χ4v) is 6.24. The van der Waals surface area contributed by atoms with Crippen LogP contribution in [0.15, 0.2) is 67.0 Å². The van der Waals surface area contributed by atoms with Gasteiger partial charge in [-0.2, -0.15) is 0 Å². The first-order valence-corrected chi connectivity index (χ1v) is 14.9. The summed E-state index contributed by atoms with van der Waals surface area (Å²) in [6.45, 7) is 4.97. The first-order chi connectivity index (χ1) is 20.5. The van der Waals surface area contributed by atoms with Crippen LogP contribution in [0.1, 0.15) is 11.1 Å². The summed E-state index contributed by atoms with van der Waals surface area (Å²) in [6.07, 6.45) is 1.84. The predicted octanol–water partition coefficient (Wildman–Crippen LogP) is 5.95. The number of hydrogen-bond acceptors (Lipinski definition) is 8. The molecule has 0 aliphatic carbocycles. The van der Waals surface area contributed by atoms with Gasteiger partial charge in [0.1, 0.15) is 35.1 Å². The number of ether oxygens (including phenoxy) is 2. The molecule has 5 aromatic rings. The molecule has 1 aliphatic rings. The van der Waals surface area contributed by atoms with Crippen molar-refractivity contribution in [3.63, 3.8) is 0 Å². The van der Waals surface area contributed by atoms with Crippen molar-refractivity contribution in [3.8, 4) is 5.75 Å². The highest BCUT2D eigenvalue weighted by molar-refractivity contribution is 7.25. The highest BCUT2D eigenvalue weighted by atomic mass is 35.5. The number of amides is 1. The van der Waals surface area contributed by atoms with Crippen LogP contribution < -0.4 is 15.4 Å². The third kappa shape index (κ3) is 6.79. The van der Waals surface area contributed by atoms with Crippen molar-refractivity contribution in [2.45, 2.75) is 13.0 Å². The molecule has 3 heterocycles. The van der Waals surface area contributed by atoms with E-state index in [0.29, 0.717) is 35.1 Å². The van der Waals surface area contributed by atoms with E-state index in [1.54, 1.807) is 35.6 Å². The molecule has 0 spiro atoms. The van der Waals surface area contributed by atoms with E-state index in [-0.39, 0.29) is 18.3 Å². The molecule has 0 atom stereocenters. The van der Waals surface area contributed by atoms with Gasteiger partial charge in [-0.15, -0.1) is 11.3 Å². The third-order valence-corrected chi connectivity index (χ3v) is 8.39. The SMILES string of the molecule is O=C(Cc1ccc2c(c1)sc1ncnc(Nc3ccc(OCc4cccc(F)c4)c(Cl)c3)c12)NCCN1CCOCC1. The predicted molar refractivity (Wildman–Crippen MR) is 164 cm³/mol. The van der Waals surface area contributed by atoms with Gasteiger partial charge in [-0.3, -0.25) is 9.69 Å². The summed E-state index contributed by atoms with van der Waals surface area (Å²) in [5, 5.41) is 8.73. The minimum absolute atomic E-state index is 0.00565. The van der Waals surface area contributed by atoms with Gasteiger partial charge in [0.15, 0.2) is 0 Å². The van der Waals surface area contributed by atoms with E-state index in [9.17, 15) is 9.18 Å². The molecular weight excluding hydrogens is 577 g/mol. The molecule has 1 amide bonds. The van der Waals surface area contributed by atoms with Gasteiger partial charge in [-0.1, -0.05) is 35.9 Å². The van der Waals surface area contributed by atoms with Crippen LogP contribution in [0.4, 0.5) is 15.9 Å². The van der Waals surface area contributed by atoms with Crippen LogP contribution in [-0.4, -0.2) is 60.2 Å². The van der Waals surface area contributed by atoms with Crippen molar-refractivity contribution in [1.82, 2.24) is 20.2 Å². The first-order valence-electron chi connectivity index (χ1n) is 13.7. The number of benzene rings is 3. The number of halogens is 2. The molecule has 0 radical (unpaired) electrons. The Balaban J connectivity index is 1.12. The Morgan fingerprint density at radius 1 is 1.07 bits per heavy atom. The van der Waals surface area contributed by atoms with Crippen LogP contribution in [0.3, 0.4) is 0 Å². The minimum atomic E-state index is -0.310. The van der Waals surface area contributed by atoms with Crippen molar-refractivity contribution < 1.29 is 18.7 Å². The number of carbonyl (C=O) groups excluding carboxylic acids is 1. The van der Waals surface area contributed by atoms with Crippen LogP contribution in [-0.2, 0) is 22.6 Å². The lowest BCUT2D eigenvalue weighted by molar-refractivity contribution is -0.120. The van der Waals surface area contributed by atoms with Gasteiger partial charge in [0.25, 0.3) is 0 Å². The maximum absolute atomic E-state index is 13.5. The van der Waals surface area contributed by atoms with Crippen molar-refractivity contribution >= 4 is 60.7 Å². The van der Waals surface area contributed by atoms with Crippen LogP contribution >= 0.6 is 22.9 Å². The van der Waals surface area contributed by atoms with Crippen LogP contribution in [0, 0.1) is 5.82 Å². The number of fused-ring (bicyclic) bond motifs is 3. The zero-order valence-electron chi connectivity index (χ0n) is 22.7. The quantitative estimate of drug-likeness (QED) is 0.203. The van der Waals surface area contributed by atoms with Gasteiger partial charge in [0, 0.05) is 42.0 Å². The monoisotopic (exact) mass is 605 g/mol. The average Bonchev–Trinajstić information content (AvgIpc) is 3.36.